The highest BCUT2D eigenvalue weighted by molar-refractivity contribution is 5.80. The molecule has 0 saturated heterocycles. The van der Waals surface area contributed by atoms with E-state index in [0.29, 0.717) is 24.9 Å². The maximum Gasteiger partial charge on any atom is 0.306 e. The molecule has 0 bridgehead atoms. The van der Waals surface area contributed by atoms with E-state index in [1.807, 2.05) is 32.9 Å². The van der Waals surface area contributed by atoms with E-state index in [1.54, 1.807) is 12.1 Å². The monoisotopic (exact) mass is 315 g/mol. The fraction of sp³-hybridized carbons (Fsp3) is 0.526. The molecule has 0 aliphatic rings. The molecule has 1 aromatic carbocycles. The molecule has 0 aliphatic carbocycles. The molecule has 4 nitrogen and oxygen atoms in total. The fourth-order valence-corrected chi connectivity index (χ4v) is 2.17. The standard InChI is InChI=1S/C19H25NO3/c1-19(2,3)23-18(22)9-7-5-6-8-17(21)14-15-10-12-16(20-4)13-11-15/h10-13H,5-9,14H2,1-3H3. The van der Waals surface area contributed by atoms with E-state index in [-0.39, 0.29) is 11.8 Å². The second-order valence-corrected chi connectivity index (χ2v) is 6.64. The number of ether oxygens (including phenoxy) is 1. The van der Waals surface area contributed by atoms with Crippen LogP contribution < -0.4 is 0 Å². The van der Waals surface area contributed by atoms with Gasteiger partial charge in [-0.25, -0.2) is 4.85 Å². The van der Waals surface area contributed by atoms with Crippen LogP contribution >= 0.6 is 0 Å². The first-order chi connectivity index (χ1) is 10.8. The van der Waals surface area contributed by atoms with Crippen molar-refractivity contribution in [1.82, 2.24) is 0 Å². The Morgan fingerprint density at radius 3 is 2.22 bits per heavy atom. The van der Waals surface area contributed by atoms with Crippen molar-refractivity contribution < 1.29 is 14.3 Å². The molecule has 0 aromatic heterocycles. The molecule has 0 heterocycles. The first-order valence-electron chi connectivity index (χ1n) is 8.00. The third-order valence-electron chi connectivity index (χ3n) is 3.22. The van der Waals surface area contributed by atoms with E-state index >= 15 is 0 Å². The van der Waals surface area contributed by atoms with Gasteiger partial charge >= 0.3 is 5.97 Å². The molecule has 0 N–H and O–H groups in total. The zero-order chi connectivity index (χ0) is 17.3. The van der Waals surface area contributed by atoms with Crippen LogP contribution in [0.15, 0.2) is 24.3 Å². The summed E-state index contributed by atoms with van der Waals surface area (Å²) in [4.78, 5) is 26.8. The highest BCUT2D eigenvalue weighted by atomic mass is 16.6. The Bertz CT molecular complexity index is 562. The summed E-state index contributed by atoms with van der Waals surface area (Å²) in [5.41, 5.74) is 1.09. The Morgan fingerprint density at radius 2 is 1.65 bits per heavy atom. The van der Waals surface area contributed by atoms with Gasteiger partial charge in [0.15, 0.2) is 5.69 Å². The van der Waals surface area contributed by atoms with Crippen LogP contribution in [0, 0.1) is 6.57 Å². The summed E-state index contributed by atoms with van der Waals surface area (Å²) >= 11 is 0. The quantitative estimate of drug-likeness (QED) is 0.399. The fourth-order valence-electron chi connectivity index (χ4n) is 2.17. The van der Waals surface area contributed by atoms with Gasteiger partial charge in [0.05, 0.1) is 6.57 Å². The van der Waals surface area contributed by atoms with Crippen LogP contribution in [0.4, 0.5) is 5.69 Å². The summed E-state index contributed by atoms with van der Waals surface area (Å²) in [6.45, 7) is 12.5. The number of esters is 1. The van der Waals surface area contributed by atoms with E-state index in [4.69, 9.17) is 11.3 Å². The van der Waals surface area contributed by atoms with Gasteiger partial charge in [-0.15, -0.1) is 0 Å². The number of hydrogen-bond acceptors (Lipinski definition) is 3. The summed E-state index contributed by atoms with van der Waals surface area (Å²) in [5.74, 6) is 0.0153. The van der Waals surface area contributed by atoms with Crippen LogP contribution in [0.3, 0.4) is 0 Å². The molecule has 0 aliphatic heterocycles. The number of Topliss-reactive ketones (excluding diaryl/α,β-unsaturated/α-hetero) is 1. The Hall–Kier alpha value is -2.15. The SMILES string of the molecule is [C-]#[N+]c1ccc(CC(=O)CCCCCC(=O)OC(C)(C)C)cc1. The van der Waals surface area contributed by atoms with Gasteiger partial charge in [-0.3, -0.25) is 9.59 Å². The lowest BCUT2D eigenvalue weighted by molar-refractivity contribution is -0.154. The predicted octanol–water partition coefficient (Wildman–Crippen LogP) is 4.64. The van der Waals surface area contributed by atoms with Crippen LogP contribution in [0.5, 0.6) is 0 Å². The van der Waals surface area contributed by atoms with Crippen LogP contribution in [0.25, 0.3) is 4.85 Å². The topological polar surface area (TPSA) is 47.7 Å². The second-order valence-electron chi connectivity index (χ2n) is 6.64. The Balaban J connectivity index is 2.17. The normalized spacial score (nSPS) is 10.9. The molecule has 0 radical (unpaired) electrons. The summed E-state index contributed by atoms with van der Waals surface area (Å²) in [7, 11) is 0. The predicted molar refractivity (Wildman–Crippen MR) is 90.3 cm³/mol. The van der Waals surface area contributed by atoms with Crippen molar-refractivity contribution >= 4 is 17.4 Å². The summed E-state index contributed by atoms with van der Waals surface area (Å²) in [6, 6.07) is 7.12. The maximum absolute atomic E-state index is 11.9. The van der Waals surface area contributed by atoms with Gasteiger partial charge in [0.2, 0.25) is 0 Å². The van der Waals surface area contributed by atoms with Crippen LogP contribution in [0.2, 0.25) is 0 Å². The summed E-state index contributed by atoms with van der Waals surface area (Å²) in [6.07, 6.45) is 3.73. The van der Waals surface area contributed by atoms with Crippen molar-refractivity contribution in [3.8, 4) is 0 Å². The maximum atomic E-state index is 11.9. The zero-order valence-corrected chi connectivity index (χ0v) is 14.2. The first-order valence-corrected chi connectivity index (χ1v) is 8.00. The van der Waals surface area contributed by atoms with Crippen molar-refractivity contribution in [2.24, 2.45) is 0 Å². The molecule has 4 heteroatoms. The van der Waals surface area contributed by atoms with Gasteiger partial charge in [0, 0.05) is 19.3 Å². The molecule has 0 saturated carbocycles. The number of nitrogens with zero attached hydrogens (tertiary/aromatic N) is 1. The first kappa shape index (κ1) is 18.9. The van der Waals surface area contributed by atoms with Gasteiger partial charge in [-0.05, 0) is 39.2 Å². The largest absolute Gasteiger partial charge is 0.460 e. The molecule has 0 amide bonds. The number of benzene rings is 1. The third-order valence-corrected chi connectivity index (χ3v) is 3.22. The van der Waals surface area contributed by atoms with Crippen LogP contribution in [-0.4, -0.2) is 17.4 Å². The van der Waals surface area contributed by atoms with Gasteiger partial charge in [0.25, 0.3) is 0 Å². The van der Waals surface area contributed by atoms with Crippen molar-refractivity contribution in [1.29, 1.82) is 0 Å². The average Bonchev–Trinajstić information content (AvgIpc) is 2.46. The minimum atomic E-state index is -0.435. The van der Waals surface area contributed by atoms with Gasteiger partial charge in [-0.1, -0.05) is 30.7 Å². The Morgan fingerprint density at radius 1 is 1.04 bits per heavy atom. The molecular formula is C19H25NO3. The number of rotatable bonds is 8. The molecule has 0 atom stereocenters. The third kappa shape index (κ3) is 8.77. The van der Waals surface area contributed by atoms with Crippen molar-refractivity contribution in [2.75, 3.05) is 0 Å². The molecule has 0 fully saturated rings. The van der Waals surface area contributed by atoms with E-state index in [0.717, 1.165) is 24.8 Å². The lowest BCUT2D eigenvalue weighted by Crippen LogP contribution is -2.23. The summed E-state index contributed by atoms with van der Waals surface area (Å²) in [5, 5.41) is 0. The molecule has 1 aromatic rings. The highest BCUT2D eigenvalue weighted by Crippen LogP contribution is 2.15. The van der Waals surface area contributed by atoms with Crippen LogP contribution in [0.1, 0.15) is 58.4 Å². The summed E-state index contributed by atoms with van der Waals surface area (Å²) < 4.78 is 5.24. The number of ketones is 1. The molecule has 0 spiro atoms. The van der Waals surface area contributed by atoms with Gasteiger partial charge in [-0.2, -0.15) is 0 Å². The number of hydrogen-bond donors (Lipinski definition) is 0. The number of carbonyl (C=O) groups is 2. The van der Waals surface area contributed by atoms with E-state index in [1.165, 1.54) is 0 Å². The number of carbonyl (C=O) groups excluding carboxylic acids is 2. The molecule has 0 unspecified atom stereocenters. The van der Waals surface area contributed by atoms with E-state index < -0.39 is 5.60 Å². The second kappa shape index (κ2) is 9.09. The Kier molecular flexibility index (Phi) is 7.47. The smallest absolute Gasteiger partial charge is 0.306 e. The molecule has 23 heavy (non-hydrogen) atoms. The molecular weight excluding hydrogens is 290 g/mol. The lowest BCUT2D eigenvalue weighted by Gasteiger charge is -2.19. The minimum absolute atomic E-state index is 0.177. The van der Waals surface area contributed by atoms with Gasteiger partial charge < -0.3 is 4.74 Å². The van der Waals surface area contributed by atoms with Crippen LogP contribution in [-0.2, 0) is 20.7 Å². The van der Waals surface area contributed by atoms with E-state index in [9.17, 15) is 9.59 Å². The molecule has 1 rings (SSSR count). The average molecular weight is 315 g/mol. The lowest BCUT2D eigenvalue weighted by atomic mass is 10.0. The molecule has 124 valence electrons. The Labute approximate surface area is 138 Å². The van der Waals surface area contributed by atoms with Crippen molar-refractivity contribution in [2.45, 2.75) is 64.9 Å². The van der Waals surface area contributed by atoms with Crippen molar-refractivity contribution in [3.05, 3.63) is 41.2 Å². The van der Waals surface area contributed by atoms with Crippen molar-refractivity contribution in [3.63, 3.8) is 0 Å². The highest BCUT2D eigenvalue weighted by Gasteiger charge is 2.15. The van der Waals surface area contributed by atoms with Gasteiger partial charge in [0.1, 0.15) is 11.4 Å². The van der Waals surface area contributed by atoms with E-state index in [2.05, 4.69) is 4.85 Å². The zero-order valence-electron chi connectivity index (χ0n) is 14.2. The minimum Gasteiger partial charge on any atom is -0.460 e. The number of unbranched alkanes of at least 4 members (excludes halogenated alkanes) is 2.